The maximum Gasteiger partial charge on any atom is 0.129 e. The Morgan fingerprint density at radius 1 is 1.31 bits per heavy atom. The van der Waals surface area contributed by atoms with Crippen molar-refractivity contribution in [2.75, 3.05) is 0 Å². The number of furan rings is 1. The van der Waals surface area contributed by atoms with E-state index in [2.05, 4.69) is 27.7 Å². The molecule has 0 aliphatic heterocycles. The van der Waals surface area contributed by atoms with Crippen molar-refractivity contribution < 1.29 is 4.42 Å². The Balaban J connectivity index is 3.03. The van der Waals surface area contributed by atoms with Crippen molar-refractivity contribution in [3.8, 4) is 0 Å². The van der Waals surface area contributed by atoms with Gasteiger partial charge in [0, 0.05) is 11.1 Å². The molecule has 0 fully saturated rings. The Labute approximate surface area is 97.8 Å². The van der Waals surface area contributed by atoms with Gasteiger partial charge >= 0.3 is 0 Å². The van der Waals surface area contributed by atoms with E-state index in [1.54, 1.807) is 6.26 Å². The SMILES string of the molecule is CC(/C=C(\N)C(C)(C)C)=C(\C)c1ccco1. The lowest BCUT2D eigenvalue weighted by Crippen LogP contribution is -2.17. The lowest BCUT2D eigenvalue weighted by Gasteiger charge is -2.19. The standard InChI is InChI=1S/C14H21NO/c1-10(9-13(15)14(3,4)5)11(2)12-7-6-8-16-12/h6-9H,15H2,1-5H3/b11-10-,13-9-. The fourth-order valence-corrected chi connectivity index (χ4v) is 1.24. The largest absolute Gasteiger partial charge is 0.465 e. The number of hydrogen-bond donors (Lipinski definition) is 1. The minimum atomic E-state index is 0.00467. The van der Waals surface area contributed by atoms with Gasteiger partial charge in [0.15, 0.2) is 0 Å². The van der Waals surface area contributed by atoms with E-state index >= 15 is 0 Å². The van der Waals surface area contributed by atoms with Crippen LogP contribution in [0.25, 0.3) is 5.57 Å². The lowest BCUT2D eigenvalue weighted by atomic mass is 9.90. The van der Waals surface area contributed by atoms with Gasteiger partial charge in [0.1, 0.15) is 5.76 Å². The quantitative estimate of drug-likeness (QED) is 0.765. The van der Waals surface area contributed by atoms with Crippen LogP contribution in [0, 0.1) is 5.41 Å². The third-order valence-corrected chi connectivity index (χ3v) is 2.72. The van der Waals surface area contributed by atoms with Crippen LogP contribution in [0.2, 0.25) is 0 Å². The van der Waals surface area contributed by atoms with E-state index in [1.165, 1.54) is 0 Å². The zero-order valence-corrected chi connectivity index (χ0v) is 10.8. The van der Waals surface area contributed by atoms with E-state index in [9.17, 15) is 0 Å². The molecule has 0 aliphatic carbocycles. The molecule has 1 aromatic heterocycles. The van der Waals surface area contributed by atoms with Crippen LogP contribution in [0.4, 0.5) is 0 Å². The normalized spacial score (nSPS) is 14.9. The van der Waals surface area contributed by atoms with Gasteiger partial charge in [0.2, 0.25) is 0 Å². The van der Waals surface area contributed by atoms with Crippen molar-refractivity contribution in [3.63, 3.8) is 0 Å². The fraction of sp³-hybridized carbons (Fsp3) is 0.429. The molecule has 0 bridgehead atoms. The van der Waals surface area contributed by atoms with Gasteiger partial charge in [-0.1, -0.05) is 20.8 Å². The number of nitrogens with two attached hydrogens (primary N) is 1. The Morgan fingerprint density at radius 2 is 1.94 bits per heavy atom. The molecule has 2 heteroatoms. The minimum Gasteiger partial charge on any atom is -0.465 e. The summed E-state index contributed by atoms with van der Waals surface area (Å²) < 4.78 is 5.36. The van der Waals surface area contributed by atoms with Gasteiger partial charge in [-0.25, -0.2) is 0 Å². The van der Waals surface area contributed by atoms with Gasteiger partial charge in [0.05, 0.1) is 6.26 Å². The lowest BCUT2D eigenvalue weighted by molar-refractivity contribution is 0.497. The zero-order chi connectivity index (χ0) is 12.3. The highest BCUT2D eigenvalue weighted by molar-refractivity contribution is 5.65. The summed E-state index contributed by atoms with van der Waals surface area (Å²) in [6.07, 6.45) is 3.71. The molecule has 0 saturated heterocycles. The highest BCUT2D eigenvalue weighted by Crippen LogP contribution is 2.25. The molecule has 16 heavy (non-hydrogen) atoms. The molecule has 0 spiro atoms. The van der Waals surface area contributed by atoms with Gasteiger partial charge in [0.25, 0.3) is 0 Å². The summed E-state index contributed by atoms with van der Waals surface area (Å²) in [6.45, 7) is 10.4. The third kappa shape index (κ3) is 3.02. The second kappa shape index (κ2) is 4.60. The maximum atomic E-state index is 6.04. The highest BCUT2D eigenvalue weighted by Gasteiger charge is 2.13. The zero-order valence-electron chi connectivity index (χ0n) is 10.8. The van der Waals surface area contributed by atoms with E-state index < -0.39 is 0 Å². The minimum absolute atomic E-state index is 0.00467. The van der Waals surface area contributed by atoms with Crippen LogP contribution < -0.4 is 5.73 Å². The first-order chi connectivity index (χ1) is 7.32. The van der Waals surface area contributed by atoms with Crippen LogP contribution in [0.1, 0.15) is 40.4 Å². The molecular weight excluding hydrogens is 198 g/mol. The summed E-state index contributed by atoms with van der Waals surface area (Å²) in [7, 11) is 0. The predicted molar refractivity (Wildman–Crippen MR) is 68.7 cm³/mol. The summed E-state index contributed by atoms with van der Waals surface area (Å²) in [6, 6.07) is 3.85. The third-order valence-electron chi connectivity index (χ3n) is 2.72. The Kier molecular flexibility index (Phi) is 3.63. The molecular formula is C14H21NO. The van der Waals surface area contributed by atoms with Gasteiger partial charge in [-0.05, 0) is 43.2 Å². The van der Waals surface area contributed by atoms with Crippen molar-refractivity contribution in [3.05, 3.63) is 41.5 Å². The molecule has 0 unspecified atom stereocenters. The molecule has 0 radical (unpaired) electrons. The van der Waals surface area contributed by atoms with Crippen LogP contribution >= 0.6 is 0 Å². The molecule has 0 atom stereocenters. The van der Waals surface area contributed by atoms with Crippen molar-refractivity contribution >= 4 is 5.57 Å². The van der Waals surface area contributed by atoms with Crippen molar-refractivity contribution in [1.29, 1.82) is 0 Å². The molecule has 2 N–H and O–H groups in total. The molecule has 1 rings (SSSR count). The van der Waals surface area contributed by atoms with Crippen LogP contribution in [-0.4, -0.2) is 0 Å². The van der Waals surface area contributed by atoms with Crippen molar-refractivity contribution in [2.45, 2.75) is 34.6 Å². The first-order valence-corrected chi connectivity index (χ1v) is 5.51. The van der Waals surface area contributed by atoms with Gasteiger partial charge < -0.3 is 10.2 Å². The smallest absolute Gasteiger partial charge is 0.129 e. The topological polar surface area (TPSA) is 39.2 Å². The second-order valence-electron chi connectivity index (χ2n) is 5.13. The monoisotopic (exact) mass is 219 g/mol. The van der Waals surface area contributed by atoms with Crippen LogP contribution in [0.5, 0.6) is 0 Å². The molecule has 0 aliphatic rings. The van der Waals surface area contributed by atoms with E-state index in [4.69, 9.17) is 10.2 Å². The van der Waals surface area contributed by atoms with Gasteiger partial charge in [-0.2, -0.15) is 0 Å². The summed E-state index contributed by atoms with van der Waals surface area (Å²) in [5.41, 5.74) is 9.19. The Morgan fingerprint density at radius 3 is 2.38 bits per heavy atom. The molecule has 0 amide bonds. The molecule has 0 aromatic carbocycles. The first-order valence-electron chi connectivity index (χ1n) is 5.51. The van der Waals surface area contributed by atoms with E-state index in [0.717, 1.165) is 22.6 Å². The summed E-state index contributed by atoms with van der Waals surface area (Å²) in [5.74, 6) is 0.899. The van der Waals surface area contributed by atoms with Gasteiger partial charge in [-0.15, -0.1) is 0 Å². The van der Waals surface area contributed by atoms with E-state index in [1.807, 2.05) is 25.1 Å². The van der Waals surface area contributed by atoms with Crippen LogP contribution in [0.3, 0.4) is 0 Å². The van der Waals surface area contributed by atoms with Crippen LogP contribution in [0.15, 0.2) is 40.2 Å². The highest BCUT2D eigenvalue weighted by atomic mass is 16.3. The first kappa shape index (κ1) is 12.6. The molecule has 1 heterocycles. The number of hydrogen-bond acceptors (Lipinski definition) is 2. The number of rotatable bonds is 2. The predicted octanol–water partition coefficient (Wildman–Crippen LogP) is 3.96. The van der Waals surface area contributed by atoms with Gasteiger partial charge in [-0.3, -0.25) is 0 Å². The average molecular weight is 219 g/mol. The number of allylic oxidation sites excluding steroid dienone is 4. The van der Waals surface area contributed by atoms with Crippen LogP contribution in [-0.2, 0) is 0 Å². The molecule has 0 saturated carbocycles. The summed E-state index contributed by atoms with van der Waals surface area (Å²) in [4.78, 5) is 0. The average Bonchev–Trinajstić information content (AvgIpc) is 2.67. The Bertz CT molecular complexity index is 402. The summed E-state index contributed by atoms with van der Waals surface area (Å²) in [5, 5.41) is 0. The Hall–Kier alpha value is -1.44. The maximum absolute atomic E-state index is 6.04. The van der Waals surface area contributed by atoms with Crippen molar-refractivity contribution in [2.24, 2.45) is 11.1 Å². The van der Waals surface area contributed by atoms with E-state index in [-0.39, 0.29) is 5.41 Å². The molecule has 2 nitrogen and oxygen atoms in total. The van der Waals surface area contributed by atoms with E-state index in [0.29, 0.717) is 0 Å². The molecule has 1 aromatic rings. The fourth-order valence-electron chi connectivity index (χ4n) is 1.24. The van der Waals surface area contributed by atoms with Crippen molar-refractivity contribution in [1.82, 2.24) is 0 Å². The second-order valence-corrected chi connectivity index (χ2v) is 5.13. The molecule has 88 valence electrons. The summed E-state index contributed by atoms with van der Waals surface area (Å²) >= 11 is 0.